The van der Waals surface area contributed by atoms with Crippen LogP contribution >= 0.6 is 0 Å². The predicted molar refractivity (Wildman–Crippen MR) is 105 cm³/mol. The molecule has 0 heterocycles. The molecule has 0 saturated carbocycles. The van der Waals surface area contributed by atoms with Crippen molar-refractivity contribution in [2.24, 2.45) is 5.16 Å². The highest BCUT2D eigenvalue weighted by Gasteiger charge is 2.86. The molecule has 0 aliphatic rings. The van der Waals surface area contributed by atoms with Crippen molar-refractivity contribution in [3.63, 3.8) is 0 Å². The van der Waals surface area contributed by atoms with Crippen LogP contribution in [0.25, 0.3) is 11.1 Å². The Morgan fingerprint density at radius 3 is 1.39 bits per heavy atom. The fraction of sp³-hybridized carbons (Fsp3) is 0.350. The maximum atomic E-state index is 14.4. The highest BCUT2D eigenvalue weighted by Crippen LogP contribution is 2.55. The third kappa shape index (κ3) is 5.63. The lowest BCUT2D eigenvalue weighted by Gasteiger charge is -2.32. The van der Waals surface area contributed by atoms with Crippen LogP contribution in [0.5, 0.6) is 0 Å². The molecule has 0 aliphatic carbocycles. The summed E-state index contributed by atoms with van der Waals surface area (Å²) in [6, 6.07) is 8.97. The van der Waals surface area contributed by atoms with Crippen LogP contribution in [0.2, 0.25) is 0 Å². The fourth-order valence-electron chi connectivity index (χ4n) is 2.72. The van der Waals surface area contributed by atoms with E-state index in [4.69, 9.17) is 0 Å². The zero-order valence-corrected chi connectivity index (χ0v) is 19.6. The van der Waals surface area contributed by atoms with E-state index >= 15 is 0 Å². The molecular formula is C20H9F16NO3S. The Kier molecular flexibility index (Phi) is 8.47. The molecule has 4 nitrogen and oxygen atoms in total. The first-order valence-corrected chi connectivity index (χ1v) is 11.3. The molecule has 0 radical (unpaired) electrons. The summed E-state index contributed by atoms with van der Waals surface area (Å²) in [6.07, 6.45) is -14.7. The zero-order valence-electron chi connectivity index (χ0n) is 18.8. The maximum absolute atomic E-state index is 14.4. The summed E-state index contributed by atoms with van der Waals surface area (Å²) in [5, 5.41) is -6.19. The molecular weight excluding hydrogens is 638 g/mol. The highest BCUT2D eigenvalue weighted by atomic mass is 32.2. The highest BCUT2D eigenvalue weighted by molar-refractivity contribution is 7.87. The molecule has 0 aliphatic heterocycles. The molecule has 230 valence electrons. The number of nitrogens with zero attached hydrogens (tertiary/aromatic N) is 1. The lowest BCUT2D eigenvalue weighted by molar-refractivity contribution is -0.382. The van der Waals surface area contributed by atoms with Crippen molar-refractivity contribution in [2.45, 2.75) is 41.3 Å². The molecule has 2 rings (SSSR count). The number of halogens is 16. The topological polar surface area (TPSA) is 55.7 Å². The van der Waals surface area contributed by atoms with E-state index in [2.05, 4.69) is 4.28 Å². The van der Waals surface area contributed by atoms with Crippen LogP contribution in [-0.2, 0) is 14.4 Å². The Morgan fingerprint density at radius 1 is 0.561 bits per heavy atom. The van der Waals surface area contributed by atoms with Crippen molar-refractivity contribution in [3.05, 3.63) is 60.2 Å². The smallest absolute Gasteiger partial charge is 0.263 e. The summed E-state index contributed by atoms with van der Waals surface area (Å²) >= 11 is 0. The predicted octanol–water partition coefficient (Wildman–Crippen LogP) is 7.66. The second-order valence-electron chi connectivity index (χ2n) is 7.72. The lowest BCUT2D eigenvalue weighted by atomic mass is 9.96. The summed E-state index contributed by atoms with van der Waals surface area (Å²) in [4.78, 5) is 0. The summed E-state index contributed by atoms with van der Waals surface area (Å²) in [5.41, 5.74) is -4.54. The van der Waals surface area contributed by atoms with Crippen molar-refractivity contribution in [2.75, 3.05) is 0 Å². The molecule has 0 bridgehead atoms. The van der Waals surface area contributed by atoms with Crippen molar-refractivity contribution >= 4 is 15.8 Å². The van der Waals surface area contributed by atoms with Crippen LogP contribution in [0, 0.1) is 0 Å². The first kappa shape index (κ1) is 33.9. The van der Waals surface area contributed by atoms with Gasteiger partial charge in [-0.1, -0.05) is 59.8 Å². The molecule has 41 heavy (non-hydrogen) atoms. The van der Waals surface area contributed by atoms with Crippen LogP contribution in [0.15, 0.2) is 59.8 Å². The minimum Gasteiger partial charge on any atom is -0.263 e. The van der Waals surface area contributed by atoms with Gasteiger partial charge < -0.3 is 0 Å². The van der Waals surface area contributed by atoms with Crippen LogP contribution < -0.4 is 0 Å². The SMILES string of the molecule is O=S(=O)(ON=C(c1ccc(-c2ccccc2)cc1)C(F)(F)C(F)(F)C(F)(F)F)C(F)(F)C(F)(F)C(F)(F)C(F)(F)F. The van der Waals surface area contributed by atoms with Gasteiger partial charge >= 0.3 is 51.4 Å². The van der Waals surface area contributed by atoms with E-state index in [1.807, 2.05) is 0 Å². The number of benzene rings is 2. The number of rotatable bonds is 9. The number of oxime groups is 1. The van der Waals surface area contributed by atoms with Crippen molar-refractivity contribution in [3.8, 4) is 11.1 Å². The van der Waals surface area contributed by atoms with Gasteiger partial charge in [0.2, 0.25) is 0 Å². The van der Waals surface area contributed by atoms with E-state index in [-0.39, 0.29) is 23.3 Å². The molecule has 0 spiro atoms. The average molecular weight is 647 g/mol. The third-order valence-corrected chi connectivity index (χ3v) is 6.12. The monoisotopic (exact) mass is 647 g/mol. The van der Waals surface area contributed by atoms with Gasteiger partial charge in [-0.25, -0.2) is 0 Å². The molecule has 0 amide bonds. The van der Waals surface area contributed by atoms with Crippen LogP contribution in [0.4, 0.5) is 70.2 Å². The van der Waals surface area contributed by atoms with E-state index < -0.39 is 62.7 Å². The van der Waals surface area contributed by atoms with Crippen LogP contribution in [0.1, 0.15) is 5.56 Å². The Bertz CT molecular complexity index is 1370. The van der Waals surface area contributed by atoms with E-state index in [0.29, 0.717) is 12.1 Å². The number of hydrogen-bond acceptors (Lipinski definition) is 4. The van der Waals surface area contributed by atoms with E-state index in [1.54, 1.807) is 0 Å². The Morgan fingerprint density at radius 2 is 0.976 bits per heavy atom. The number of hydrogen-bond donors (Lipinski definition) is 0. The van der Waals surface area contributed by atoms with Gasteiger partial charge in [-0.2, -0.15) is 78.7 Å². The second kappa shape index (κ2) is 10.2. The van der Waals surface area contributed by atoms with Gasteiger partial charge in [-0.05, 0) is 11.1 Å². The standard InChI is InChI=1S/C20H9F16NO3S/c21-14(22,15(23,24)18(29,30)31)13(12-8-6-11(7-9-12)10-4-2-1-3-5-10)37-40-41(38,39)20(35,36)17(27,28)16(25,26)19(32,33)34/h1-9H. The largest absolute Gasteiger partial charge is 0.460 e. The molecule has 2 aromatic carbocycles. The minimum atomic E-state index is -8.07. The molecule has 0 atom stereocenters. The third-order valence-electron chi connectivity index (χ3n) is 4.97. The molecule has 21 heteroatoms. The van der Waals surface area contributed by atoms with Crippen LogP contribution in [-0.4, -0.2) is 55.4 Å². The van der Waals surface area contributed by atoms with Gasteiger partial charge in [0.05, 0.1) is 0 Å². The summed E-state index contributed by atoms with van der Waals surface area (Å²) in [7, 11) is -8.07. The van der Waals surface area contributed by atoms with E-state index in [9.17, 15) is 78.7 Å². The normalized spacial score (nSPS) is 15.2. The fourth-order valence-corrected chi connectivity index (χ4v) is 3.43. The summed E-state index contributed by atoms with van der Waals surface area (Å²) in [5.74, 6) is -29.8. The van der Waals surface area contributed by atoms with Crippen molar-refractivity contribution < 1.29 is 82.9 Å². The van der Waals surface area contributed by atoms with Crippen molar-refractivity contribution in [1.29, 1.82) is 0 Å². The second-order valence-corrected chi connectivity index (χ2v) is 9.29. The first-order valence-electron chi connectivity index (χ1n) is 9.87. The lowest BCUT2D eigenvalue weighted by Crippen LogP contribution is -2.63. The van der Waals surface area contributed by atoms with E-state index in [0.717, 1.165) is 0 Å². The summed E-state index contributed by atoms with van der Waals surface area (Å²) in [6.45, 7) is 0. The molecule has 0 saturated heterocycles. The molecule has 0 N–H and O–H groups in total. The average Bonchev–Trinajstić information content (AvgIpc) is 2.83. The molecule has 0 fully saturated rings. The van der Waals surface area contributed by atoms with Gasteiger partial charge in [0.1, 0.15) is 0 Å². The van der Waals surface area contributed by atoms with Gasteiger partial charge in [0.25, 0.3) is 0 Å². The van der Waals surface area contributed by atoms with Crippen molar-refractivity contribution in [1.82, 2.24) is 0 Å². The Labute approximate surface area is 217 Å². The van der Waals surface area contributed by atoms with Gasteiger partial charge in [-0.3, -0.25) is 4.28 Å². The van der Waals surface area contributed by atoms with Gasteiger partial charge in [0.15, 0.2) is 5.71 Å². The van der Waals surface area contributed by atoms with E-state index in [1.165, 1.54) is 35.5 Å². The zero-order chi connectivity index (χ0) is 32.1. The molecule has 2 aromatic rings. The Hall–Kier alpha value is -3.26. The Balaban J connectivity index is 2.72. The molecule has 0 unspecified atom stereocenters. The van der Waals surface area contributed by atoms with Crippen LogP contribution in [0.3, 0.4) is 0 Å². The quantitative estimate of drug-likeness (QED) is 0.160. The maximum Gasteiger partial charge on any atom is 0.460 e. The molecule has 0 aromatic heterocycles. The van der Waals surface area contributed by atoms with Gasteiger partial charge in [0, 0.05) is 5.56 Å². The first-order chi connectivity index (χ1) is 18.2. The summed E-state index contributed by atoms with van der Waals surface area (Å²) < 4.78 is 237. The minimum absolute atomic E-state index is 0.0219. The van der Waals surface area contributed by atoms with Gasteiger partial charge in [-0.15, -0.1) is 0 Å². The number of alkyl halides is 16.